The normalized spacial score (nSPS) is 16.4. The number of rotatable bonds is 7. The molecule has 1 aliphatic carbocycles. The Morgan fingerprint density at radius 1 is 1.44 bits per heavy atom. The molecule has 1 aliphatic rings. The minimum Gasteiger partial charge on any atom is -0.377 e. The highest BCUT2D eigenvalue weighted by molar-refractivity contribution is 5.46. The lowest BCUT2D eigenvalue weighted by Crippen LogP contribution is -2.16. The van der Waals surface area contributed by atoms with Gasteiger partial charge in [-0.2, -0.15) is 0 Å². The van der Waals surface area contributed by atoms with Crippen LogP contribution in [-0.4, -0.2) is 23.6 Å². The molecule has 1 aromatic rings. The third kappa shape index (κ3) is 3.54. The van der Waals surface area contributed by atoms with Crippen LogP contribution in [0.2, 0.25) is 0 Å². The summed E-state index contributed by atoms with van der Waals surface area (Å²) in [7, 11) is 1.62. The van der Waals surface area contributed by atoms with Crippen molar-refractivity contribution in [3.8, 4) is 0 Å². The van der Waals surface area contributed by atoms with Gasteiger partial charge in [-0.15, -0.1) is 0 Å². The van der Waals surface area contributed by atoms with Crippen LogP contribution < -0.4 is 16.6 Å². The second kappa shape index (κ2) is 5.97. The van der Waals surface area contributed by atoms with E-state index in [1.807, 2.05) is 0 Å². The lowest BCUT2D eigenvalue weighted by atomic mass is 10.1. The number of nitrogen functional groups attached to an aromatic ring is 1. The molecular formula is C12H21N5O. The van der Waals surface area contributed by atoms with E-state index in [1.54, 1.807) is 13.2 Å². The molecule has 6 heteroatoms. The van der Waals surface area contributed by atoms with Crippen LogP contribution in [0.4, 0.5) is 11.6 Å². The molecule has 1 aromatic heterocycles. The Morgan fingerprint density at radius 3 is 2.78 bits per heavy atom. The van der Waals surface area contributed by atoms with Crippen molar-refractivity contribution < 1.29 is 4.74 Å². The Bertz CT molecular complexity index is 394. The molecule has 1 fully saturated rings. The van der Waals surface area contributed by atoms with Crippen molar-refractivity contribution in [3.63, 3.8) is 0 Å². The summed E-state index contributed by atoms with van der Waals surface area (Å²) >= 11 is 0. The van der Waals surface area contributed by atoms with E-state index in [2.05, 4.69) is 27.6 Å². The topological polar surface area (TPSA) is 85.1 Å². The maximum Gasteiger partial charge on any atom is 0.158 e. The van der Waals surface area contributed by atoms with Crippen molar-refractivity contribution in [2.45, 2.75) is 26.4 Å². The molecule has 18 heavy (non-hydrogen) atoms. The summed E-state index contributed by atoms with van der Waals surface area (Å²) < 4.78 is 5.03. The molecule has 0 spiro atoms. The quantitative estimate of drug-likeness (QED) is 0.501. The average molecular weight is 251 g/mol. The second-order valence-corrected chi connectivity index (χ2v) is 4.83. The van der Waals surface area contributed by atoms with Gasteiger partial charge < -0.3 is 15.5 Å². The maximum atomic E-state index is 5.39. The molecular weight excluding hydrogens is 230 g/mol. The fraction of sp³-hybridized carbons (Fsp3) is 0.667. The molecule has 100 valence electrons. The first-order valence-corrected chi connectivity index (χ1v) is 6.30. The van der Waals surface area contributed by atoms with Gasteiger partial charge >= 0.3 is 0 Å². The molecule has 0 amide bonds. The fourth-order valence-electron chi connectivity index (χ4n) is 1.95. The summed E-state index contributed by atoms with van der Waals surface area (Å²) in [5.41, 5.74) is 2.54. The van der Waals surface area contributed by atoms with Crippen molar-refractivity contribution in [1.29, 1.82) is 0 Å². The largest absolute Gasteiger partial charge is 0.377 e. The van der Waals surface area contributed by atoms with Crippen molar-refractivity contribution >= 4 is 11.6 Å². The zero-order valence-electron chi connectivity index (χ0n) is 10.9. The molecule has 0 aromatic carbocycles. The van der Waals surface area contributed by atoms with Crippen LogP contribution in [0.25, 0.3) is 0 Å². The van der Waals surface area contributed by atoms with Gasteiger partial charge in [0.15, 0.2) is 5.82 Å². The molecule has 1 unspecified atom stereocenters. The lowest BCUT2D eigenvalue weighted by molar-refractivity contribution is 0.178. The predicted octanol–water partition coefficient (Wildman–Crippen LogP) is 1.37. The third-order valence-electron chi connectivity index (χ3n) is 3.23. The Balaban J connectivity index is 1.98. The van der Waals surface area contributed by atoms with Gasteiger partial charge in [-0.25, -0.2) is 15.8 Å². The standard InChI is InChI=1S/C12H21N5O/c1-8(9-3-4-9)6-14-10-5-11(17-13)16-12(15-10)7-18-2/h5,8-9H,3-4,6-7,13H2,1-2H3,(H2,14,15,16,17). The van der Waals surface area contributed by atoms with Gasteiger partial charge in [-0.3, -0.25) is 0 Å². The van der Waals surface area contributed by atoms with E-state index in [-0.39, 0.29) is 0 Å². The summed E-state index contributed by atoms with van der Waals surface area (Å²) in [5, 5.41) is 3.34. The summed E-state index contributed by atoms with van der Waals surface area (Å²) in [6.07, 6.45) is 2.72. The molecule has 4 N–H and O–H groups in total. The van der Waals surface area contributed by atoms with Crippen molar-refractivity contribution in [3.05, 3.63) is 11.9 Å². The summed E-state index contributed by atoms with van der Waals surface area (Å²) in [4.78, 5) is 8.58. The van der Waals surface area contributed by atoms with Gasteiger partial charge in [-0.1, -0.05) is 6.92 Å². The fourth-order valence-corrected chi connectivity index (χ4v) is 1.95. The van der Waals surface area contributed by atoms with E-state index in [9.17, 15) is 0 Å². The van der Waals surface area contributed by atoms with E-state index in [0.717, 1.165) is 18.3 Å². The number of hydrazine groups is 1. The number of nitrogens with one attached hydrogen (secondary N) is 2. The number of nitrogens with two attached hydrogens (primary N) is 1. The number of ether oxygens (including phenoxy) is 1. The van der Waals surface area contributed by atoms with E-state index < -0.39 is 0 Å². The van der Waals surface area contributed by atoms with Crippen LogP contribution in [-0.2, 0) is 11.3 Å². The molecule has 6 nitrogen and oxygen atoms in total. The van der Waals surface area contributed by atoms with E-state index in [1.165, 1.54) is 12.8 Å². The van der Waals surface area contributed by atoms with Crippen molar-refractivity contribution in [2.75, 3.05) is 24.4 Å². The number of aromatic nitrogens is 2. The third-order valence-corrected chi connectivity index (χ3v) is 3.23. The Hall–Kier alpha value is -1.40. The Kier molecular flexibility index (Phi) is 4.33. The number of hydrogen-bond donors (Lipinski definition) is 3. The summed E-state index contributed by atoms with van der Waals surface area (Å²) in [6.45, 7) is 3.57. The number of hydrogen-bond acceptors (Lipinski definition) is 6. The predicted molar refractivity (Wildman–Crippen MR) is 70.9 cm³/mol. The number of methoxy groups -OCH3 is 1. The molecule has 1 saturated carbocycles. The zero-order chi connectivity index (χ0) is 13.0. The second-order valence-electron chi connectivity index (χ2n) is 4.83. The van der Waals surface area contributed by atoms with Crippen molar-refractivity contribution in [2.24, 2.45) is 17.7 Å². The first-order chi connectivity index (χ1) is 8.72. The van der Waals surface area contributed by atoms with Crippen LogP contribution in [0.1, 0.15) is 25.6 Å². The van der Waals surface area contributed by atoms with Gasteiger partial charge in [0, 0.05) is 19.7 Å². The van der Waals surface area contributed by atoms with Gasteiger partial charge in [0.1, 0.15) is 18.2 Å². The van der Waals surface area contributed by atoms with Crippen LogP contribution in [0, 0.1) is 11.8 Å². The van der Waals surface area contributed by atoms with Crippen LogP contribution in [0.15, 0.2) is 6.07 Å². The molecule has 0 aliphatic heterocycles. The average Bonchev–Trinajstić information content (AvgIpc) is 3.20. The van der Waals surface area contributed by atoms with Crippen LogP contribution in [0.3, 0.4) is 0 Å². The maximum absolute atomic E-state index is 5.39. The minimum atomic E-state index is 0.377. The van der Waals surface area contributed by atoms with E-state index >= 15 is 0 Å². The zero-order valence-corrected chi connectivity index (χ0v) is 10.9. The van der Waals surface area contributed by atoms with Gasteiger partial charge in [-0.05, 0) is 24.7 Å². The van der Waals surface area contributed by atoms with Gasteiger partial charge in [0.2, 0.25) is 0 Å². The lowest BCUT2D eigenvalue weighted by Gasteiger charge is -2.13. The Labute approximate surface area is 107 Å². The highest BCUT2D eigenvalue weighted by Gasteiger charge is 2.27. The van der Waals surface area contributed by atoms with E-state index in [4.69, 9.17) is 10.6 Å². The first kappa shape index (κ1) is 13.0. The molecule has 1 atom stereocenters. The first-order valence-electron chi connectivity index (χ1n) is 6.30. The van der Waals surface area contributed by atoms with Gasteiger partial charge in [0.25, 0.3) is 0 Å². The van der Waals surface area contributed by atoms with Crippen LogP contribution >= 0.6 is 0 Å². The molecule has 0 saturated heterocycles. The van der Waals surface area contributed by atoms with E-state index in [0.29, 0.717) is 24.2 Å². The highest BCUT2D eigenvalue weighted by Crippen LogP contribution is 2.36. The SMILES string of the molecule is COCc1nc(NN)cc(NCC(C)C2CC2)n1. The molecule has 0 radical (unpaired) electrons. The smallest absolute Gasteiger partial charge is 0.158 e. The van der Waals surface area contributed by atoms with Crippen LogP contribution in [0.5, 0.6) is 0 Å². The minimum absolute atomic E-state index is 0.377. The summed E-state index contributed by atoms with van der Waals surface area (Å²) in [6, 6.07) is 1.80. The highest BCUT2D eigenvalue weighted by atomic mass is 16.5. The number of nitrogens with zero attached hydrogens (tertiary/aromatic N) is 2. The summed E-state index contributed by atoms with van der Waals surface area (Å²) in [5.74, 6) is 8.95. The number of anilines is 2. The molecule has 2 rings (SSSR count). The Morgan fingerprint density at radius 2 is 2.17 bits per heavy atom. The molecule has 0 bridgehead atoms. The van der Waals surface area contributed by atoms with Gasteiger partial charge in [0.05, 0.1) is 0 Å². The monoisotopic (exact) mass is 251 g/mol. The van der Waals surface area contributed by atoms with Crippen molar-refractivity contribution in [1.82, 2.24) is 9.97 Å². The molecule has 1 heterocycles.